The first kappa shape index (κ1) is 10.8. The van der Waals surface area contributed by atoms with Gasteiger partial charge in [-0.1, -0.05) is 25.0 Å². The Bertz CT molecular complexity index is 500. The molecule has 0 radical (unpaired) electrons. The summed E-state index contributed by atoms with van der Waals surface area (Å²) in [6, 6.07) is 8.08. The van der Waals surface area contributed by atoms with E-state index in [4.69, 9.17) is 0 Å². The molecule has 0 bridgehead atoms. The van der Waals surface area contributed by atoms with Crippen LogP contribution in [0.15, 0.2) is 30.6 Å². The van der Waals surface area contributed by atoms with Crippen LogP contribution < -0.4 is 0 Å². The van der Waals surface area contributed by atoms with Crippen molar-refractivity contribution in [2.24, 2.45) is 5.92 Å². The minimum atomic E-state index is -0.227. The predicted octanol–water partition coefficient (Wildman–Crippen LogP) is 2.59. The van der Waals surface area contributed by atoms with Crippen LogP contribution in [0.25, 0.3) is 11.0 Å². The van der Waals surface area contributed by atoms with Gasteiger partial charge in [0.05, 0.1) is 30.0 Å². The van der Waals surface area contributed by atoms with Crippen LogP contribution >= 0.6 is 0 Å². The molecule has 3 rings (SSSR count). The van der Waals surface area contributed by atoms with Gasteiger partial charge in [0.25, 0.3) is 0 Å². The molecule has 1 saturated carbocycles. The van der Waals surface area contributed by atoms with Crippen molar-refractivity contribution in [2.45, 2.75) is 38.3 Å². The fourth-order valence-corrected chi connectivity index (χ4v) is 2.85. The number of imidazole rings is 1. The first-order valence-electron chi connectivity index (χ1n) is 6.42. The Morgan fingerprint density at radius 1 is 1.29 bits per heavy atom. The number of aromatic nitrogens is 2. The third-order valence-electron chi connectivity index (χ3n) is 3.86. The van der Waals surface area contributed by atoms with Crippen molar-refractivity contribution in [1.29, 1.82) is 0 Å². The number of para-hydroxylation sites is 2. The fraction of sp³-hybridized carbons (Fsp3) is 0.500. The van der Waals surface area contributed by atoms with E-state index in [9.17, 15) is 5.11 Å². The molecule has 90 valence electrons. The SMILES string of the molecule is OC(Cn1cnc2ccccc21)C1CCCC1. The molecule has 1 unspecified atom stereocenters. The molecule has 0 amide bonds. The average Bonchev–Trinajstić information content (AvgIpc) is 2.98. The highest BCUT2D eigenvalue weighted by molar-refractivity contribution is 5.74. The lowest BCUT2D eigenvalue weighted by molar-refractivity contribution is 0.0941. The van der Waals surface area contributed by atoms with Gasteiger partial charge in [0.2, 0.25) is 0 Å². The lowest BCUT2D eigenvalue weighted by Gasteiger charge is -2.18. The summed E-state index contributed by atoms with van der Waals surface area (Å²) in [5, 5.41) is 10.2. The van der Waals surface area contributed by atoms with E-state index in [1.807, 2.05) is 24.5 Å². The summed E-state index contributed by atoms with van der Waals surface area (Å²) in [4.78, 5) is 4.35. The van der Waals surface area contributed by atoms with E-state index < -0.39 is 0 Å². The monoisotopic (exact) mass is 230 g/mol. The van der Waals surface area contributed by atoms with Crippen LogP contribution in [0, 0.1) is 5.92 Å². The zero-order chi connectivity index (χ0) is 11.7. The van der Waals surface area contributed by atoms with Crippen LogP contribution in [0.5, 0.6) is 0 Å². The number of aliphatic hydroxyl groups is 1. The normalized spacial score (nSPS) is 18.9. The summed E-state index contributed by atoms with van der Waals surface area (Å²) in [5.74, 6) is 0.483. The molecular weight excluding hydrogens is 212 g/mol. The lowest BCUT2D eigenvalue weighted by Crippen LogP contribution is -2.23. The van der Waals surface area contributed by atoms with Gasteiger partial charge in [-0.2, -0.15) is 0 Å². The first-order chi connectivity index (χ1) is 8.34. The van der Waals surface area contributed by atoms with Crippen LogP contribution in [-0.4, -0.2) is 20.8 Å². The standard InChI is InChI=1S/C14H18N2O/c17-14(11-5-1-2-6-11)9-16-10-15-12-7-3-4-8-13(12)16/h3-4,7-8,10-11,14,17H,1-2,5-6,9H2. The van der Waals surface area contributed by atoms with Crippen LogP contribution in [0.4, 0.5) is 0 Å². The molecule has 1 aromatic heterocycles. The number of benzene rings is 1. The molecule has 1 aromatic carbocycles. The van der Waals surface area contributed by atoms with Crippen LogP contribution in [0.3, 0.4) is 0 Å². The zero-order valence-corrected chi connectivity index (χ0v) is 9.92. The topological polar surface area (TPSA) is 38.0 Å². The summed E-state index contributed by atoms with van der Waals surface area (Å²) in [7, 11) is 0. The molecule has 2 aromatic rings. The second kappa shape index (κ2) is 4.49. The number of nitrogens with zero attached hydrogens (tertiary/aromatic N) is 2. The van der Waals surface area contributed by atoms with Crippen molar-refractivity contribution in [3.63, 3.8) is 0 Å². The van der Waals surface area contributed by atoms with E-state index in [1.165, 1.54) is 25.7 Å². The van der Waals surface area contributed by atoms with Gasteiger partial charge in [-0.3, -0.25) is 0 Å². The van der Waals surface area contributed by atoms with Crippen molar-refractivity contribution < 1.29 is 5.11 Å². The van der Waals surface area contributed by atoms with E-state index in [0.29, 0.717) is 12.5 Å². The van der Waals surface area contributed by atoms with E-state index in [-0.39, 0.29) is 6.10 Å². The first-order valence-corrected chi connectivity index (χ1v) is 6.42. The lowest BCUT2D eigenvalue weighted by atomic mass is 10.0. The Hall–Kier alpha value is -1.35. The van der Waals surface area contributed by atoms with E-state index >= 15 is 0 Å². The molecule has 3 nitrogen and oxygen atoms in total. The smallest absolute Gasteiger partial charge is 0.0959 e. The summed E-state index contributed by atoms with van der Waals surface area (Å²) in [6.07, 6.45) is 6.50. The van der Waals surface area contributed by atoms with Crippen molar-refractivity contribution >= 4 is 11.0 Å². The maximum absolute atomic E-state index is 10.2. The summed E-state index contributed by atoms with van der Waals surface area (Å²) < 4.78 is 2.07. The van der Waals surface area contributed by atoms with Gasteiger partial charge >= 0.3 is 0 Å². The quantitative estimate of drug-likeness (QED) is 0.880. The van der Waals surface area contributed by atoms with Crippen LogP contribution in [-0.2, 0) is 6.54 Å². The second-order valence-corrected chi connectivity index (χ2v) is 5.00. The molecule has 1 N–H and O–H groups in total. The van der Waals surface area contributed by atoms with E-state index in [0.717, 1.165) is 11.0 Å². The fourth-order valence-electron chi connectivity index (χ4n) is 2.85. The van der Waals surface area contributed by atoms with Gasteiger partial charge < -0.3 is 9.67 Å². The molecule has 17 heavy (non-hydrogen) atoms. The van der Waals surface area contributed by atoms with Crippen LogP contribution in [0.1, 0.15) is 25.7 Å². The highest BCUT2D eigenvalue weighted by Crippen LogP contribution is 2.28. The third kappa shape index (κ3) is 2.07. The van der Waals surface area contributed by atoms with Crippen molar-refractivity contribution in [2.75, 3.05) is 0 Å². The van der Waals surface area contributed by atoms with Gasteiger partial charge in [0.1, 0.15) is 0 Å². The maximum atomic E-state index is 10.2. The Labute approximate surface area is 101 Å². The molecule has 0 spiro atoms. The summed E-state index contributed by atoms with van der Waals surface area (Å²) >= 11 is 0. The van der Waals surface area contributed by atoms with Crippen molar-refractivity contribution in [3.8, 4) is 0 Å². The predicted molar refractivity (Wildman–Crippen MR) is 67.7 cm³/mol. The Morgan fingerprint density at radius 2 is 2.06 bits per heavy atom. The van der Waals surface area contributed by atoms with E-state index in [2.05, 4.69) is 15.6 Å². The largest absolute Gasteiger partial charge is 0.391 e. The van der Waals surface area contributed by atoms with Gasteiger partial charge in [0.15, 0.2) is 0 Å². The second-order valence-electron chi connectivity index (χ2n) is 5.00. The number of hydrogen-bond acceptors (Lipinski definition) is 2. The van der Waals surface area contributed by atoms with Gasteiger partial charge in [-0.05, 0) is 30.9 Å². The van der Waals surface area contributed by atoms with Crippen LogP contribution in [0.2, 0.25) is 0 Å². The van der Waals surface area contributed by atoms with Crippen molar-refractivity contribution in [3.05, 3.63) is 30.6 Å². The van der Waals surface area contributed by atoms with Crippen molar-refractivity contribution in [1.82, 2.24) is 9.55 Å². The molecule has 3 heteroatoms. The number of rotatable bonds is 3. The van der Waals surface area contributed by atoms with Gasteiger partial charge in [0, 0.05) is 0 Å². The minimum absolute atomic E-state index is 0.227. The van der Waals surface area contributed by atoms with Gasteiger partial charge in [-0.15, -0.1) is 0 Å². The average molecular weight is 230 g/mol. The maximum Gasteiger partial charge on any atom is 0.0959 e. The molecule has 1 atom stereocenters. The zero-order valence-electron chi connectivity index (χ0n) is 9.92. The summed E-state index contributed by atoms with van der Waals surface area (Å²) in [5.41, 5.74) is 2.12. The molecule has 1 aliphatic rings. The van der Waals surface area contributed by atoms with E-state index in [1.54, 1.807) is 0 Å². The Kier molecular flexibility index (Phi) is 2.85. The molecule has 0 saturated heterocycles. The Morgan fingerprint density at radius 3 is 2.88 bits per heavy atom. The Balaban J connectivity index is 1.80. The number of hydrogen-bond donors (Lipinski definition) is 1. The summed E-state index contributed by atoms with van der Waals surface area (Å²) in [6.45, 7) is 0.672. The number of fused-ring (bicyclic) bond motifs is 1. The molecular formula is C14H18N2O. The molecule has 1 aliphatic carbocycles. The molecule has 1 heterocycles. The highest BCUT2D eigenvalue weighted by atomic mass is 16.3. The number of aliphatic hydroxyl groups excluding tert-OH is 1. The molecule has 1 fully saturated rings. The third-order valence-corrected chi connectivity index (χ3v) is 3.86. The highest BCUT2D eigenvalue weighted by Gasteiger charge is 2.23. The van der Waals surface area contributed by atoms with Gasteiger partial charge in [-0.25, -0.2) is 4.98 Å². The minimum Gasteiger partial charge on any atom is -0.391 e. The molecule has 0 aliphatic heterocycles.